The van der Waals surface area contributed by atoms with Crippen LogP contribution >= 0.6 is 0 Å². The van der Waals surface area contributed by atoms with Crippen molar-refractivity contribution in [1.29, 1.82) is 0 Å². The SMILES string of the molecule is CCC(Oc1ccc(C)cc1N)C1CNc2ccccc2C1. The summed E-state index contributed by atoms with van der Waals surface area (Å²) in [4.78, 5) is 0. The smallest absolute Gasteiger partial charge is 0.142 e. The monoisotopic (exact) mass is 296 g/mol. The van der Waals surface area contributed by atoms with Crippen LogP contribution in [-0.2, 0) is 6.42 Å². The van der Waals surface area contributed by atoms with Crippen molar-refractivity contribution in [3.8, 4) is 5.75 Å². The number of aryl methyl sites for hydroxylation is 1. The molecule has 0 bridgehead atoms. The molecule has 2 atom stereocenters. The topological polar surface area (TPSA) is 47.3 Å². The van der Waals surface area contributed by atoms with Crippen LogP contribution in [0.3, 0.4) is 0 Å². The molecule has 3 N–H and O–H groups in total. The van der Waals surface area contributed by atoms with Crippen molar-refractivity contribution in [3.63, 3.8) is 0 Å². The largest absolute Gasteiger partial charge is 0.488 e. The summed E-state index contributed by atoms with van der Waals surface area (Å²) in [6, 6.07) is 14.5. The average molecular weight is 296 g/mol. The van der Waals surface area contributed by atoms with Gasteiger partial charge in [-0.1, -0.05) is 31.2 Å². The number of rotatable bonds is 4. The van der Waals surface area contributed by atoms with Crippen LogP contribution in [0.25, 0.3) is 0 Å². The van der Waals surface area contributed by atoms with Gasteiger partial charge in [0.15, 0.2) is 0 Å². The Morgan fingerprint density at radius 3 is 2.86 bits per heavy atom. The highest BCUT2D eigenvalue weighted by Crippen LogP contribution is 2.31. The first-order valence-electron chi connectivity index (χ1n) is 8.02. The zero-order valence-electron chi connectivity index (χ0n) is 13.3. The molecule has 1 aliphatic rings. The summed E-state index contributed by atoms with van der Waals surface area (Å²) in [6.45, 7) is 5.16. The summed E-state index contributed by atoms with van der Waals surface area (Å²) in [6.07, 6.45) is 2.20. The molecule has 0 radical (unpaired) electrons. The van der Waals surface area contributed by atoms with Gasteiger partial charge in [0, 0.05) is 18.2 Å². The van der Waals surface area contributed by atoms with E-state index in [-0.39, 0.29) is 6.10 Å². The second-order valence-electron chi connectivity index (χ2n) is 6.11. The quantitative estimate of drug-likeness (QED) is 0.838. The van der Waals surface area contributed by atoms with E-state index in [1.807, 2.05) is 25.1 Å². The highest BCUT2D eigenvalue weighted by Gasteiger charge is 2.26. The minimum absolute atomic E-state index is 0.172. The lowest BCUT2D eigenvalue weighted by atomic mass is 9.88. The Balaban J connectivity index is 1.75. The molecule has 2 unspecified atom stereocenters. The molecule has 0 fully saturated rings. The molecule has 3 rings (SSSR count). The fourth-order valence-corrected chi connectivity index (χ4v) is 3.18. The van der Waals surface area contributed by atoms with Crippen molar-refractivity contribution in [1.82, 2.24) is 0 Å². The molecule has 3 heteroatoms. The summed E-state index contributed by atoms with van der Waals surface area (Å²) in [5.74, 6) is 1.26. The highest BCUT2D eigenvalue weighted by atomic mass is 16.5. The molecular formula is C19H24N2O. The van der Waals surface area contributed by atoms with Crippen LogP contribution < -0.4 is 15.8 Å². The van der Waals surface area contributed by atoms with Crippen molar-refractivity contribution in [2.75, 3.05) is 17.6 Å². The van der Waals surface area contributed by atoms with Gasteiger partial charge in [-0.3, -0.25) is 0 Å². The first-order chi connectivity index (χ1) is 10.7. The number of nitrogens with one attached hydrogen (secondary N) is 1. The molecule has 0 aliphatic carbocycles. The molecule has 2 aromatic rings. The second kappa shape index (κ2) is 6.30. The Morgan fingerprint density at radius 2 is 2.09 bits per heavy atom. The van der Waals surface area contributed by atoms with E-state index in [2.05, 4.69) is 36.5 Å². The van der Waals surface area contributed by atoms with Gasteiger partial charge in [-0.2, -0.15) is 0 Å². The summed E-state index contributed by atoms with van der Waals surface area (Å²) in [7, 11) is 0. The predicted octanol–water partition coefficient (Wildman–Crippen LogP) is 4.02. The van der Waals surface area contributed by atoms with Crippen LogP contribution in [0, 0.1) is 12.8 Å². The molecule has 0 amide bonds. The van der Waals surface area contributed by atoms with E-state index in [9.17, 15) is 0 Å². The van der Waals surface area contributed by atoms with Gasteiger partial charge in [-0.15, -0.1) is 0 Å². The van der Waals surface area contributed by atoms with E-state index in [0.717, 1.165) is 36.4 Å². The number of anilines is 2. The third kappa shape index (κ3) is 3.03. The normalized spacial score (nSPS) is 18.2. The van der Waals surface area contributed by atoms with E-state index in [1.165, 1.54) is 11.3 Å². The van der Waals surface area contributed by atoms with Crippen molar-refractivity contribution >= 4 is 11.4 Å². The van der Waals surface area contributed by atoms with Gasteiger partial charge in [0.1, 0.15) is 11.9 Å². The van der Waals surface area contributed by atoms with Crippen LogP contribution in [0.5, 0.6) is 5.75 Å². The molecule has 3 nitrogen and oxygen atoms in total. The molecule has 2 aromatic carbocycles. The number of ether oxygens (including phenoxy) is 1. The molecule has 22 heavy (non-hydrogen) atoms. The lowest BCUT2D eigenvalue weighted by molar-refractivity contribution is 0.134. The number of nitrogens with two attached hydrogens (primary N) is 1. The van der Waals surface area contributed by atoms with Gasteiger partial charge in [-0.05, 0) is 49.1 Å². The molecule has 0 saturated carbocycles. The van der Waals surface area contributed by atoms with Crippen LogP contribution in [0.1, 0.15) is 24.5 Å². The van der Waals surface area contributed by atoms with Crippen molar-refractivity contribution < 1.29 is 4.74 Å². The van der Waals surface area contributed by atoms with Crippen molar-refractivity contribution in [2.24, 2.45) is 5.92 Å². The predicted molar refractivity (Wildman–Crippen MR) is 92.4 cm³/mol. The molecule has 0 spiro atoms. The van der Waals surface area contributed by atoms with Gasteiger partial charge in [0.2, 0.25) is 0 Å². The third-order valence-electron chi connectivity index (χ3n) is 4.43. The molecule has 116 valence electrons. The Morgan fingerprint density at radius 1 is 1.27 bits per heavy atom. The Hall–Kier alpha value is -2.16. The maximum absolute atomic E-state index is 6.24. The number of hydrogen-bond acceptors (Lipinski definition) is 3. The van der Waals surface area contributed by atoms with Gasteiger partial charge < -0.3 is 15.8 Å². The van der Waals surface area contributed by atoms with Gasteiger partial charge in [0.05, 0.1) is 5.69 Å². The molecule has 0 saturated heterocycles. The lowest BCUT2D eigenvalue weighted by Gasteiger charge is -2.32. The number of para-hydroxylation sites is 1. The Labute approximate surface area is 132 Å². The van der Waals surface area contributed by atoms with E-state index < -0.39 is 0 Å². The van der Waals surface area contributed by atoms with Gasteiger partial charge >= 0.3 is 0 Å². The first kappa shape index (κ1) is 14.8. The van der Waals surface area contributed by atoms with Crippen LogP contribution in [0.2, 0.25) is 0 Å². The van der Waals surface area contributed by atoms with Crippen LogP contribution in [0.4, 0.5) is 11.4 Å². The standard InChI is InChI=1S/C19H24N2O/c1-3-18(22-19-9-8-13(2)10-16(19)20)15-11-14-6-4-5-7-17(14)21-12-15/h4-10,15,18,21H,3,11-12,20H2,1-2H3. The van der Waals surface area contributed by atoms with E-state index in [0.29, 0.717) is 5.92 Å². The number of hydrogen-bond donors (Lipinski definition) is 2. The summed E-state index contributed by atoms with van der Waals surface area (Å²) < 4.78 is 6.24. The van der Waals surface area contributed by atoms with Crippen molar-refractivity contribution in [3.05, 3.63) is 53.6 Å². The van der Waals surface area contributed by atoms with Crippen LogP contribution in [0.15, 0.2) is 42.5 Å². The maximum atomic E-state index is 6.24. The zero-order chi connectivity index (χ0) is 15.5. The molecule has 1 heterocycles. The summed E-state index contributed by atoms with van der Waals surface area (Å²) >= 11 is 0. The second-order valence-corrected chi connectivity index (χ2v) is 6.11. The third-order valence-corrected chi connectivity index (χ3v) is 4.43. The zero-order valence-corrected chi connectivity index (χ0v) is 13.3. The van der Waals surface area contributed by atoms with Crippen LogP contribution in [-0.4, -0.2) is 12.6 Å². The number of benzene rings is 2. The summed E-state index contributed by atoms with van der Waals surface area (Å²) in [5, 5.41) is 3.53. The minimum atomic E-state index is 0.172. The minimum Gasteiger partial charge on any atom is -0.488 e. The first-order valence-corrected chi connectivity index (χ1v) is 8.02. The Kier molecular flexibility index (Phi) is 4.23. The fraction of sp³-hybridized carbons (Fsp3) is 0.368. The van der Waals surface area contributed by atoms with E-state index in [4.69, 9.17) is 10.5 Å². The number of nitrogen functional groups attached to an aromatic ring is 1. The molecule has 0 aromatic heterocycles. The lowest BCUT2D eigenvalue weighted by Crippen LogP contribution is -2.36. The Bertz CT molecular complexity index is 654. The molecule has 1 aliphatic heterocycles. The van der Waals surface area contributed by atoms with Gasteiger partial charge in [-0.25, -0.2) is 0 Å². The van der Waals surface area contributed by atoms with E-state index >= 15 is 0 Å². The fourth-order valence-electron chi connectivity index (χ4n) is 3.18. The summed E-state index contributed by atoms with van der Waals surface area (Å²) in [5.41, 5.74) is 10.6. The van der Waals surface area contributed by atoms with Gasteiger partial charge in [0.25, 0.3) is 0 Å². The highest BCUT2D eigenvalue weighted by molar-refractivity contribution is 5.55. The number of fused-ring (bicyclic) bond motifs is 1. The van der Waals surface area contributed by atoms with Crippen molar-refractivity contribution in [2.45, 2.75) is 32.8 Å². The molecular weight excluding hydrogens is 272 g/mol. The van der Waals surface area contributed by atoms with E-state index in [1.54, 1.807) is 0 Å². The maximum Gasteiger partial charge on any atom is 0.142 e. The average Bonchev–Trinajstić information content (AvgIpc) is 2.54.